The van der Waals surface area contributed by atoms with Gasteiger partial charge in [-0.15, -0.1) is 0 Å². The number of hydrogen-bond acceptors (Lipinski definition) is 5. The zero-order chi connectivity index (χ0) is 13.0. The standard InChI is InChI=1S/C10H14F3N3O2/c11-10(12,13)6-17-5-3-8-15-9(18-16-8)7-2-1-4-14-7/h7,14H,1-6H2/t7-/m1/s1. The molecule has 0 aromatic carbocycles. The highest BCUT2D eigenvalue weighted by Crippen LogP contribution is 2.21. The third kappa shape index (κ3) is 3.95. The van der Waals surface area contributed by atoms with Gasteiger partial charge in [-0.1, -0.05) is 5.16 Å². The summed E-state index contributed by atoms with van der Waals surface area (Å²) in [6.45, 7) is -0.407. The van der Waals surface area contributed by atoms with Crippen molar-refractivity contribution in [3.8, 4) is 0 Å². The number of rotatable bonds is 5. The van der Waals surface area contributed by atoms with E-state index in [2.05, 4.69) is 20.2 Å². The molecule has 0 amide bonds. The second-order valence-electron chi connectivity index (χ2n) is 4.12. The lowest BCUT2D eigenvalue weighted by molar-refractivity contribution is -0.173. The molecule has 102 valence electrons. The minimum Gasteiger partial charge on any atom is -0.372 e. The van der Waals surface area contributed by atoms with Crippen LogP contribution in [0.15, 0.2) is 4.52 Å². The van der Waals surface area contributed by atoms with Crippen LogP contribution >= 0.6 is 0 Å². The van der Waals surface area contributed by atoms with Crippen molar-refractivity contribution in [1.29, 1.82) is 0 Å². The molecule has 1 aliphatic rings. The molecule has 0 aliphatic carbocycles. The smallest absolute Gasteiger partial charge is 0.372 e. The number of halogens is 3. The maximum Gasteiger partial charge on any atom is 0.411 e. The molecule has 1 atom stereocenters. The fourth-order valence-electron chi connectivity index (χ4n) is 1.76. The lowest BCUT2D eigenvalue weighted by atomic mass is 10.2. The Morgan fingerprint density at radius 1 is 1.44 bits per heavy atom. The van der Waals surface area contributed by atoms with Crippen molar-refractivity contribution >= 4 is 0 Å². The zero-order valence-corrected chi connectivity index (χ0v) is 9.66. The fraction of sp³-hybridized carbons (Fsp3) is 0.800. The third-order valence-electron chi connectivity index (χ3n) is 2.58. The molecule has 0 spiro atoms. The summed E-state index contributed by atoms with van der Waals surface area (Å²) in [5.41, 5.74) is 0. The van der Waals surface area contributed by atoms with Crippen LogP contribution in [0.3, 0.4) is 0 Å². The predicted molar refractivity (Wildman–Crippen MR) is 54.9 cm³/mol. The lowest BCUT2D eigenvalue weighted by Crippen LogP contribution is -2.18. The SMILES string of the molecule is FC(F)(F)COCCc1noc([C@H]2CCCN2)n1. The van der Waals surface area contributed by atoms with Gasteiger partial charge in [0.15, 0.2) is 5.82 Å². The van der Waals surface area contributed by atoms with Gasteiger partial charge in [0.1, 0.15) is 6.61 Å². The maximum atomic E-state index is 11.8. The van der Waals surface area contributed by atoms with Crippen molar-refractivity contribution in [1.82, 2.24) is 15.5 Å². The van der Waals surface area contributed by atoms with E-state index in [-0.39, 0.29) is 19.1 Å². The number of hydrogen-bond donors (Lipinski definition) is 1. The van der Waals surface area contributed by atoms with Crippen molar-refractivity contribution in [2.45, 2.75) is 31.5 Å². The number of nitrogens with one attached hydrogen (secondary N) is 1. The van der Waals surface area contributed by atoms with Gasteiger partial charge >= 0.3 is 6.18 Å². The summed E-state index contributed by atoms with van der Waals surface area (Å²) in [7, 11) is 0. The van der Waals surface area contributed by atoms with Crippen LogP contribution in [0, 0.1) is 0 Å². The minimum absolute atomic E-state index is 0.0716. The molecule has 0 radical (unpaired) electrons. The topological polar surface area (TPSA) is 60.2 Å². The summed E-state index contributed by atoms with van der Waals surface area (Å²) in [5, 5.41) is 6.90. The highest BCUT2D eigenvalue weighted by atomic mass is 19.4. The summed E-state index contributed by atoms with van der Waals surface area (Å²) in [4.78, 5) is 4.12. The Morgan fingerprint density at radius 3 is 2.94 bits per heavy atom. The van der Waals surface area contributed by atoms with E-state index in [0.29, 0.717) is 11.7 Å². The van der Waals surface area contributed by atoms with E-state index >= 15 is 0 Å². The van der Waals surface area contributed by atoms with Gasteiger partial charge in [-0.3, -0.25) is 0 Å². The molecule has 1 aromatic rings. The number of aromatic nitrogens is 2. The first kappa shape index (κ1) is 13.3. The van der Waals surface area contributed by atoms with Crippen LogP contribution in [0.4, 0.5) is 13.2 Å². The Balaban J connectivity index is 1.73. The third-order valence-corrected chi connectivity index (χ3v) is 2.58. The molecule has 1 N–H and O–H groups in total. The molecule has 1 saturated heterocycles. The van der Waals surface area contributed by atoms with E-state index in [0.717, 1.165) is 19.4 Å². The Hall–Kier alpha value is -1.15. The Bertz CT molecular complexity index is 375. The summed E-state index contributed by atoms with van der Waals surface area (Å²) in [5.74, 6) is 0.874. The average molecular weight is 265 g/mol. The van der Waals surface area contributed by atoms with Crippen LogP contribution in [0.2, 0.25) is 0 Å². The van der Waals surface area contributed by atoms with Crippen molar-refractivity contribution in [3.05, 3.63) is 11.7 Å². The van der Waals surface area contributed by atoms with E-state index < -0.39 is 12.8 Å². The van der Waals surface area contributed by atoms with Crippen LogP contribution in [-0.4, -0.2) is 36.1 Å². The molecule has 0 bridgehead atoms. The second kappa shape index (κ2) is 5.66. The molecule has 0 unspecified atom stereocenters. The summed E-state index contributed by atoms with van der Waals surface area (Å²) in [6.07, 6.45) is -2.09. The highest BCUT2D eigenvalue weighted by Gasteiger charge is 2.27. The molecule has 8 heteroatoms. The van der Waals surface area contributed by atoms with Crippen molar-refractivity contribution in [2.24, 2.45) is 0 Å². The number of alkyl halides is 3. The van der Waals surface area contributed by atoms with Gasteiger partial charge in [-0.2, -0.15) is 18.2 Å². The summed E-state index contributed by atoms with van der Waals surface area (Å²) >= 11 is 0. The molecule has 2 heterocycles. The fourth-order valence-corrected chi connectivity index (χ4v) is 1.76. The van der Waals surface area contributed by atoms with E-state index in [9.17, 15) is 13.2 Å². The first-order valence-electron chi connectivity index (χ1n) is 5.75. The molecule has 5 nitrogen and oxygen atoms in total. The molecule has 1 fully saturated rings. The van der Waals surface area contributed by atoms with Crippen LogP contribution < -0.4 is 5.32 Å². The molecule has 1 aromatic heterocycles. The van der Waals surface area contributed by atoms with Gasteiger partial charge < -0.3 is 14.6 Å². The first-order valence-corrected chi connectivity index (χ1v) is 5.75. The second-order valence-corrected chi connectivity index (χ2v) is 4.12. The predicted octanol–water partition coefficient (Wildman–Crippen LogP) is 1.62. The lowest BCUT2D eigenvalue weighted by Gasteiger charge is -2.05. The van der Waals surface area contributed by atoms with E-state index in [1.54, 1.807) is 0 Å². The van der Waals surface area contributed by atoms with Crippen LogP contribution in [0.1, 0.15) is 30.6 Å². The average Bonchev–Trinajstić information content (AvgIpc) is 2.93. The van der Waals surface area contributed by atoms with Gasteiger partial charge in [0, 0.05) is 6.42 Å². The van der Waals surface area contributed by atoms with Crippen LogP contribution in [0.25, 0.3) is 0 Å². The van der Waals surface area contributed by atoms with E-state index in [1.807, 2.05) is 0 Å². The van der Waals surface area contributed by atoms with Gasteiger partial charge in [-0.05, 0) is 19.4 Å². The Kier molecular flexibility index (Phi) is 4.18. The monoisotopic (exact) mass is 265 g/mol. The normalized spacial score (nSPS) is 20.5. The Morgan fingerprint density at radius 2 is 2.28 bits per heavy atom. The number of ether oxygens (including phenoxy) is 1. The zero-order valence-electron chi connectivity index (χ0n) is 9.66. The summed E-state index contributed by atoms with van der Waals surface area (Å²) in [6, 6.07) is 0.0716. The largest absolute Gasteiger partial charge is 0.411 e. The molecule has 2 rings (SSSR count). The van der Waals surface area contributed by atoms with Gasteiger partial charge in [0.25, 0.3) is 0 Å². The van der Waals surface area contributed by atoms with Crippen LogP contribution in [0.5, 0.6) is 0 Å². The minimum atomic E-state index is -4.30. The molecular weight excluding hydrogens is 251 g/mol. The molecular formula is C10H14F3N3O2. The van der Waals surface area contributed by atoms with Crippen LogP contribution in [-0.2, 0) is 11.2 Å². The number of nitrogens with zero attached hydrogens (tertiary/aromatic N) is 2. The quantitative estimate of drug-likeness (QED) is 0.820. The first-order chi connectivity index (χ1) is 8.54. The van der Waals surface area contributed by atoms with E-state index in [4.69, 9.17) is 4.52 Å². The van der Waals surface area contributed by atoms with Crippen molar-refractivity contribution in [3.63, 3.8) is 0 Å². The summed E-state index contributed by atoms with van der Waals surface area (Å²) < 4.78 is 44.9. The highest BCUT2D eigenvalue weighted by molar-refractivity contribution is 4.95. The Labute approximate surface area is 102 Å². The molecule has 18 heavy (non-hydrogen) atoms. The van der Waals surface area contributed by atoms with Gasteiger partial charge in [0.2, 0.25) is 5.89 Å². The molecule has 1 aliphatic heterocycles. The molecule has 0 saturated carbocycles. The maximum absolute atomic E-state index is 11.8. The van der Waals surface area contributed by atoms with E-state index in [1.165, 1.54) is 0 Å². The van der Waals surface area contributed by atoms with Crippen molar-refractivity contribution < 1.29 is 22.4 Å². The van der Waals surface area contributed by atoms with Gasteiger partial charge in [-0.25, -0.2) is 0 Å². The van der Waals surface area contributed by atoms with Gasteiger partial charge in [0.05, 0.1) is 12.6 Å². The van der Waals surface area contributed by atoms with Crippen molar-refractivity contribution in [2.75, 3.05) is 19.8 Å².